The van der Waals surface area contributed by atoms with Crippen LogP contribution in [0.4, 0.5) is 0 Å². The molecule has 3 N–H and O–H groups in total. The lowest BCUT2D eigenvalue weighted by Gasteiger charge is -2.19. The number of unbranched alkanes of at least 4 members (excludes halogenated alkanes) is 51. The molecule has 0 bridgehead atoms. The highest BCUT2D eigenvalue weighted by molar-refractivity contribution is 7.47. The Bertz CT molecular complexity index is 1840. The highest BCUT2D eigenvalue weighted by Gasteiger charge is 2.26. The van der Waals surface area contributed by atoms with Crippen LogP contribution in [0.15, 0.2) is 85.1 Å². The number of nitrogens with two attached hydrogens (primary N) is 1. The van der Waals surface area contributed by atoms with E-state index in [1.54, 1.807) is 0 Å². The Balaban J connectivity index is 3.77. The molecule has 0 aromatic heterocycles. The molecule has 2 unspecified atom stereocenters. The molecule has 0 spiro atoms. The number of ether oxygens (including phenoxy) is 2. The zero-order valence-electron chi connectivity index (χ0n) is 62.7. The van der Waals surface area contributed by atoms with Gasteiger partial charge in [0.2, 0.25) is 0 Å². The summed E-state index contributed by atoms with van der Waals surface area (Å²) in [6.45, 7) is 3.69. The molecule has 95 heavy (non-hydrogen) atoms. The minimum absolute atomic E-state index is 0.0526. The van der Waals surface area contributed by atoms with Crippen molar-refractivity contribution in [2.45, 2.75) is 418 Å². The van der Waals surface area contributed by atoms with Crippen molar-refractivity contribution in [1.29, 1.82) is 0 Å². The van der Waals surface area contributed by atoms with E-state index in [-0.39, 0.29) is 38.6 Å². The van der Waals surface area contributed by atoms with Crippen molar-refractivity contribution in [3.63, 3.8) is 0 Å². The van der Waals surface area contributed by atoms with Gasteiger partial charge >= 0.3 is 19.8 Å². The number of carbonyl (C=O) groups excluding carboxylic acids is 2. The second kappa shape index (κ2) is 80.2. The summed E-state index contributed by atoms with van der Waals surface area (Å²) in [7, 11) is -4.40. The number of phosphoric ester groups is 1. The van der Waals surface area contributed by atoms with Crippen LogP contribution in [0.25, 0.3) is 0 Å². The zero-order chi connectivity index (χ0) is 68.6. The smallest absolute Gasteiger partial charge is 0.462 e. The van der Waals surface area contributed by atoms with Crippen LogP contribution in [0, 0.1) is 0 Å². The number of hydrogen-bond acceptors (Lipinski definition) is 8. The summed E-state index contributed by atoms with van der Waals surface area (Å²) in [5.41, 5.74) is 5.42. The van der Waals surface area contributed by atoms with Crippen LogP contribution < -0.4 is 5.73 Å². The SMILES string of the molecule is CC/C=C\C/C=C\C/C=C\C/C=C\C/C=C\C/C=C\C/C=C\CCCCCCCCCCCCCCCC(=O)OC(COC(=O)CCCCCCCCCCCCCCCCCCCCCCCCCCCCCCCCCCCCCCCCC)COP(=O)(O)OCCN. The van der Waals surface area contributed by atoms with E-state index in [9.17, 15) is 19.0 Å². The van der Waals surface area contributed by atoms with E-state index in [1.165, 1.54) is 295 Å². The van der Waals surface area contributed by atoms with E-state index in [0.29, 0.717) is 6.42 Å². The van der Waals surface area contributed by atoms with Crippen LogP contribution in [0.2, 0.25) is 0 Å². The second-order valence-corrected chi connectivity index (χ2v) is 29.1. The molecule has 10 heteroatoms. The molecule has 0 aliphatic carbocycles. The lowest BCUT2D eigenvalue weighted by atomic mass is 10.0. The fourth-order valence-electron chi connectivity index (χ4n) is 12.3. The lowest BCUT2D eigenvalue weighted by Crippen LogP contribution is -2.29. The van der Waals surface area contributed by atoms with Gasteiger partial charge in [-0.2, -0.15) is 0 Å². The van der Waals surface area contributed by atoms with Crippen LogP contribution >= 0.6 is 7.82 Å². The number of allylic oxidation sites excluding steroid dienone is 14. The zero-order valence-corrected chi connectivity index (χ0v) is 63.6. The third-order valence-corrected chi connectivity index (χ3v) is 19.3. The normalized spacial score (nSPS) is 13.3. The summed E-state index contributed by atoms with van der Waals surface area (Å²) in [6, 6.07) is 0. The Hall–Kier alpha value is -2.81. The molecule has 0 rings (SSSR count). The van der Waals surface area contributed by atoms with Crippen molar-refractivity contribution >= 4 is 19.8 Å². The maximum Gasteiger partial charge on any atom is 0.472 e. The van der Waals surface area contributed by atoms with Crippen molar-refractivity contribution in [2.75, 3.05) is 26.4 Å². The van der Waals surface area contributed by atoms with Gasteiger partial charge in [-0.1, -0.05) is 414 Å². The van der Waals surface area contributed by atoms with Gasteiger partial charge < -0.3 is 20.1 Å². The molecule has 0 fully saturated rings. The summed E-state index contributed by atoms with van der Waals surface area (Å²) in [5, 5.41) is 0. The number of carbonyl (C=O) groups is 2. The van der Waals surface area contributed by atoms with Crippen molar-refractivity contribution in [2.24, 2.45) is 5.73 Å². The molecule has 0 heterocycles. The monoisotopic (exact) mass is 1350 g/mol. The maximum atomic E-state index is 12.8. The first kappa shape index (κ1) is 92.2. The van der Waals surface area contributed by atoms with E-state index in [1.807, 2.05) is 0 Å². The minimum Gasteiger partial charge on any atom is -0.462 e. The Morgan fingerprint density at radius 3 is 0.863 bits per heavy atom. The van der Waals surface area contributed by atoms with Gasteiger partial charge in [0.05, 0.1) is 13.2 Å². The molecule has 0 amide bonds. The van der Waals surface area contributed by atoms with E-state index in [2.05, 4.69) is 98.9 Å². The largest absolute Gasteiger partial charge is 0.472 e. The Morgan fingerprint density at radius 2 is 0.579 bits per heavy atom. The molecule has 0 aliphatic heterocycles. The molecular formula is C85H156NO8P. The third kappa shape index (κ3) is 80.1. The first-order valence-electron chi connectivity index (χ1n) is 41.1. The predicted octanol–water partition coefficient (Wildman–Crippen LogP) is 27.7. The molecule has 0 aromatic rings. The number of hydrogen-bond donors (Lipinski definition) is 2. The van der Waals surface area contributed by atoms with E-state index < -0.39 is 26.5 Å². The lowest BCUT2D eigenvalue weighted by molar-refractivity contribution is -0.161. The topological polar surface area (TPSA) is 134 Å². The van der Waals surface area contributed by atoms with Crippen LogP contribution in [0.1, 0.15) is 412 Å². The van der Waals surface area contributed by atoms with Crippen LogP contribution in [-0.4, -0.2) is 49.3 Å². The van der Waals surface area contributed by atoms with Gasteiger partial charge in [-0.15, -0.1) is 0 Å². The average molecular weight is 1350 g/mol. The molecule has 0 saturated heterocycles. The minimum atomic E-state index is -4.40. The first-order chi connectivity index (χ1) is 46.8. The summed E-state index contributed by atoms with van der Waals surface area (Å²) in [5.74, 6) is -0.812. The van der Waals surface area contributed by atoms with Crippen molar-refractivity contribution < 1.29 is 37.6 Å². The van der Waals surface area contributed by atoms with Gasteiger partial charge in [0, 0.05) is 19.4 Å². The van der Waals surface area contributed by atoms with Crippen LogP contribution in [-0.2, 0) is 32.7 Å². The molecule has 0 saturated carbocycles. The van der Waals surface area contributed by atoms with Crippen molar-refractivity contribution in [3.05, 3.63) is 85.1 Å². The fourth-order valence-corrected chi connectivity index (χ4v) is 13.0. The summed E-state index contributed by atoms with van der Waals surface area (Å²) >= 11 is 0. The molecule has 0 radical (unpaired) electrons. The quantitative estimate of drug-likeness (QED) is 0.0264. The maximum absolute atomic E-state index is 12.8. The van der Waals surface area contributed by atoms with Crippen LogP contribution in [0.3, 0.4) is 0 Å². The molecule has 554 valence electrons. The van der Waals surface area contributed by atoms with Crippen molar-refractivity contribution in [1.82, 2.24) is 0 Å². The number of phosphoric acid groups is 1. The van der Waals surface area contributed by atoms with E-state index in [4.69, 9.17) is 24.3 Å². The summed E-state index contributed by atoms with van der Waals surface area (Å²) in [4.78, 5) is 35.5. The highest BCUT2D eigenvalue weighted by atomic mass is 31.2. The predicted molar refractivity (Wildman–Crippen MR) is 413 cm³/mol. The van der Waals surface area contributed by atoms with Gasteiger partial charge in [0.1, 0.15) is 6.61 Å². The summed E-state index contributed by atoms with van der Waals surface area (Å²) < 4.78 is 33.3. The van der Waals surface area contributed by atoms with Gasteiger partial charge in [0.25, 0.3) is 0 Å². The highest BCUT2D eigenvalue weighted by Crippen LogP contribution is 2.43. The van der Waals surface area contributed by atoms with Gasteiger partial charge in [-0.3, -0.25) is 18.6 Å². The number of esters is 2. The molecular weight excluding hydrogens is 1190 g/mol. The molecule has 9 nitrogen and oxygen atoms in total. The standard InChI is InChI=1S/C85H156NO8P/c1-3-5-7-9-11-13-15-17-19-21-23-25-27-29-31-33-35-37-39-40-41-42-44-45-47-49-51-53-55-57-59-61-63-65-67-69-71-73-75-77-84(87)91-81-83(82-93-95(89,90)92-80-79-86)94-85(88)78-76-74-72-70-68-66-64-62-60-58-56-54-52-50-48-46-43-38-36-34-32-30-28-26-24-22-20-18-16-14-12-10-8-6-4-2/h6,8,12,14,18,20,24,26,30,32,36,38,46,48,83H,3-5,7,9-11,13,15-17,19,21-23,25,27-29,31,33-35,37,39-45,47,49-82,86H2,1-2H3,(H,89,90)/b8-6-,14-12-,20-18-,26-24-,32-30-,38-36-,48-46-. The van der Waals surface area contributed by atoms with Crippen LogP contribution in [0.5, 0.6) is 0 Å². The molecule has 0 aromatic carbocycles. The number of rotatable bonds is 78. The fraction of sp³-hybridized carbons (Fsp3) is 0.812. The van der Waals surface area contributed by atoms with Gasteiger partial charge in [-0.25, -0.2) is 4.57 Å². The summed E-state index contributed by atoms with van der Waals surface area (Å²) in [6.07, 6.45) is 109. The Kier molecular flexibility index (Phi) is 77.8. The Morgan fingerprint density at radius 1 is 0.326 bits per heavy atom. The van der Waals surface area contributed by atoms with E-state index >= 15 is 0 Å². The van der Waals surface area contributed by atoms with Gasteiger partial charge in [0.15, 0.2) is 6.10 Å². The third-order valence-electron chi connectivity index (χ3n) is 18.3. The van der Waals surface area contributed by atoms with Crippen molar-refractivity contribution in [3.8, 4) is 0 Å². The van der Waals surface area contributed by atoms with Gasteiger partial charge in [-0.05, 0) is 70.6 Å². The van der Waals surface area contributed by atoms with E-state index in [0.717, 1.165) is 83.5 Å². The molecule has 2 atom stereocenters. The average Bonchev–Trinajstić information content (AvgIpc) is 3.32. The molecule has 0 aliphatic rings. The Labute approximate surface area is 589 Å². The first-order valence-corrected chi connectivity index (χ1v) is 42.6. The second-order valence-electron chi connectivity index (χ2n) is 27.6.